The van der Waals surface area contributed by atoms with Crippen LogP contribution in [0.3, 0.4) is 0 Å². The Kier molecular flexibility index (Phi) is 6.52. The lowest BCUT2D eigenvalue weighted by molar-refractivity contribution is -0.120. The second-order valence-electron chi connectivity index (χ2n) is 5.23. The first kappa shape index (κ1) is 14.5. The minimum absolute atomic E-state index is 0.105. The first-order valence-electron chi connectivity index (χ1n) is 6.85. The topological polar surface area (TPSA) is 44.4 Å². The van der Waals surface area contributed by atoms with Crippen LogP contribution in [0.25, 0.3) is 0 Å². The third-order valence-electron chi connectivity index (χ3n) is 3.04. The van der Waals surface area contributed by atoms with Gasteiger partial charge in [-0.2, -0.15) is 0 Å². The van der Waals surface area contributed by atoms with Gasteiger partial charge in [-0.1, -0.05) is 20.8 Å². The summed E-state index contributed by atoms with van der Waals surface area (Å²) < 4.78 is 0. The quantitative estimate of drug-likeness (QED) is 0.588. The van der Waals surface area contributed by atoms with Crippen molar-refractivity contribution in [1.82, 2.24) is 15.5 Å². The molecule has 17 heavy (non-hydrogen) atoms. The zero-order valence-electron chi connectivity index (χ0n) is 11.5. The predicted octanol–water partition coefficient (Wildman–Crippen LogP) is 0.833. The molecule has 0 aromatic carbocycles. The van der Waals surface area contributed by atoms with Crippen molar-refractivity contribution in [1.29, 1.82) is 0 Å². The molecule has 2 N–H and O–H groups in total. The van der Waals surface area contributed by atoms with Crippen molar-refractivity contribution in [2.45, 2.75) is 39.7 Å². The van der Waals surface area contributed by atoms with Gasteiger partial charge >= 0.3 is 0 Å². The van der Waals surface area contributed by atoms with E-state index in [1.165, 1.54) is 12.8 Å². The average Bonchev–Trinajstić information content (AvgIpc) is 3.10. The van der Waals surface area contributed by atoms with Gasteiger partial charge in [-0.05, 0) is 25.3 Å². The molecule has 1 saturated carbocycles. The zero-order chi connectivity index (χ0) is 12.7. The monoisotopic (exact) mass is 241 g/mol. The molecule has 1 rings (SSSR count). The highest BCUT2D eigenvalue weighted by Crippen LogP contribution is 2.25. The fourth-order valence-corrected chi connectivity index (χ4v) is 1.84. The van der Waals surface area contributed by atoms with Gasteiger partial charge in [0.2, 0.25) is 5.91 Å². The van der Waals surface area contributed by atoms with Crippen molar-refractivity contribution in [2.75, 3.05) is 32.7 Å². The van der Waals surface area contributed by atoms with E-state index in [0.717, 1.165) is 32.2 Å². The van der Waals surface area contributed by atoms with Crippen LogP contribution >= 0.6 is 0 Å². The Balaban J connectivity index is 1.97. The molecule has 0 atom stereocenters. The molecular formula is C13H27N3O. The molecule has 0 unspecified atom stereocenters. The highest BCUT2D eigenvalue weighted by molar-refractivity contribution is 5.77. The Hall–Kier alpha value is -0.610. The maximum Gasteiger partial charge on any atom is 0.233 e. The summed E-state index contributed by atoms with van der Waals surface area (Å²) in [7, 11) is 0. The van der Waals surface area contributed by atoms with E-state index in [1.54, 1.807) is 0 Å². The standard InChI is InChI=1S/C13H27N3O/c1-4-16(12-5-6-12)8-7-14-10-13(17)15-9-11(2)3/h11-12,14H,4-10H2,1-3H3,(H,15,17). The molecule has 1 aliphatic rings. The van der Waals surface area contributed by atoms with Crippen LogP contribution < -0.4 is 10.6 Å². The normalized spacial score (nSPS) is 15.6. The van der Waals surface area contributed by atoms with E-state index < -0.39 is 0 Å². The Morgan fingerprint density at radius 3 is 2.65 bits per heavy atom. The van der Waals surface area contributed by atoms with Crippen molar-refractivity contribution < 1.29 is 4.79 Å². The molecule has 4 heteroatoms. The Morgan fingerprint density at radius 2 is 2.12 bits per heavy atom. The average molecular weight is 241 g/mol. The van der Waals surface area contributed by atoms with E-state index in [-0.39, 0.29) is 5.91 Å². The second kappa shape index (κ2) is 7.67. The SMILES string of the molecule is CCN(CCNCC(=O)NCC(C)C)C1CC1. The van der Waals surface area contributed by atoms with Crippen LogP contribution in [-0.2, 0) is 4.79 Å². The highest BCUT2D eigenvalue weighted by atomic mass is 16.1. The molecule has 1 fully saturated rings. The number of carbonyl (C=O) groups is 1. The van der Waals surface area contributed by atoms with Gasteiger partial charge in [-0.25, -0.2) is 0 Å². The molecule has 0 heterocycles. The van der Waals surface area contributed by atoms with Gasteiger partial charge in [-0.15, -0.1) is 0 Å². The van der Waals surface area contributed by atoms with Crippen LogP contribution in [-0.4, -0.2) is 49.6 Å². The summed E-state index contributed by atoms with van der Waals surface area (Å²) in [4.78, 5) is 13.9. The summed E-state index contributed by atoms with van der Waals surface area (Å²) in [5.74, 6) is 0.623. The molecule has 0 bridgehead atoms. The van der Waals surface area contributed by atoms with Gasteiger partial charge in [-0.3, -0.25) is 9.69 Å². The number of hydrogen-bond donors (Lipinski definition) is 2. The van der Waals surface area contributed by atoms with Crippen LogP contribution in [0.5, 0.6) is 0 Å². The number of nitrogens with zero attached hydrogens (tertiary/aromatic N) is 1. The van der Waals surface area contributed by atoms with E-state index >= 15 is 0 Å². The number of amides is 1. The maximum atomic E-state index is 11.4. The molecule has 0 saturated heterocycles. The molecule has 1 aliphatic carbocycles. The third-order valence-corrected chi connectivity index (χ3v) is 3.04. The number of rotatable bonds is 9. The highest BCUT2D eigenvalue weighted by Gasteiger charge is 2.26. The summed E-state index contributed by atoms with van der Waals surface area (Å²) in [5.41, 5.74) is 0. The van der Waals surface area contributed by atoms with Crippen LogP contribution in [0.4, 0.5) is 0 Å². The van der Waals surface area contributed by atoms with E-state index in [2.05, 4.69) is 36.3 Å². The van der Waals surface area contributed by atoms with E-state index in [0.29, 0.717) is 12.5 Å². The second-order valence-corrected chi connectivity index (χ2v) is 5.23. The molecule has 0 aromatic rings. The van der Waals surface area contributed by atoms with E-state index in [1.807, 2.05) is 0 Å². The lowest BCUT2D eigenvalue weighted by Gasteiger charge is -2.19. The van der Waals surface area contributed by atoms with Gasteiger partial charge in [0.05, 0.1) is 6.54 Å². The van der Waals surface area contributed by atoms with Crippen molar-refractivity contribution in [3.05, 3.63) is 0 Å². The molecule has 100 valence electrons. The summed E-state index contributed by atoms with van der Waals surface area (Å²) in [5, 5.41) is 6.11. The van der Waals surface area contributed by atoms with Crippen LogP contribution in [0.2, 0.25) is 0 Å². The van der Waals surface area contributed by atoms with Crippen molar-refractivity contribution in [3.8, 4) is 0 Å². The van der Waals surface area contributed by atoms with Gasteiger partial charge in [0.15, 0.2) is 0 Å². The number of carbonyl (C=O) groups excluding carboxylic acids is 1. The summed E-state index contributed by atoms with van der Waals surface area (Å²) in [6.07, 6.45) is 2.70. The zero-order valence-corrected chi connectivity index (χ0v) is 11.5. The molecule has 0 radical (unpaired) electrons. The minimum Gasteiger partial charge on any atom is -0.355 e. The van der Waals surface area contributed by atoms with Gasteiger partial charge in [0.25, 0.3) is 0 Å². The summed E-state index contributed by atoms with van der Waals surface area (Å²) >= 11 is 0. The van der Waals surface area contributed by atoms with E-state index in [4.69, 9.17) is 0 Å². The number of nitrogens with one attached hydrogen (secondary N) is 2. The van der Waals surface area contributed by atoms with Gasteiger partial charge in [0, 0.05) is 25.7 Å². The van der Waals surface area contributed by atoms with Gasteiger partial charge in [0.1, 0.15) is 0 Å². The maximum absolute atomic E-state index is 11.4. The molecule has 0 aliphatic heterocycles. The Labute approximate surface area is 105 Å². The first-order valence-corrected chi connectivity index (χ1v) is 6.85. The molecule has 1 amide bonds. The van der Waals surface area contributed by atoms with Crippen LogP contribution in [0.15, 0.2) is 0 Å². The first-order chi connectivity index (χ1) is 8.13. The predicted molar refractivity (Wildman–Crippen MR) is 71.0 cm³/mol. The lowest BCUT2D eigenvalue weighted by atomic mass is 10.2. The van der Waals surface area contributed by atoms with Crippen molar-refractivity contribution >= 4 is 5.91 Å². The molecule has 0 aromatic heterocycles. The molecule has 4 nitrogen and oxygen atoms in total. The van der Waals surface area contributed by atoms with Crippen LogP contribution in [0, 0.1) is 5.92 Å². The minimum atomic E-state index is 0.105. The van der Waals surface area contributed by atoms with Crippen molar-refractivity contribution in [3.63, 3.8) is 0 Å². The number of likely N-dealkylation sites (N-methyl/N-ethyl adjacent to an activating group) is 1. The van der Waals surface area contributed by atoms with Gasteiger partial charge < -0.3 is 10.6 Å². The largest absolute Gasteiger partial charge is 0.355 e. The smallest absolute Gasteiger partial charge is 0.233 e. The van der Waals surface area contributed by atoms with Crippen LogP contribution in [0.1, 0.15) is 33.6 Å². The number of hydrogen-bond acceptors (Lipinski definition) is 3. The summed E-state index contributed by atoms with van der Waals surface area (Å²) in [6.45, 7) is 10.7. The Bertz CT molecular complexity index is 227. The fraction of sp³-hybridized carbons (Fsp3) is 0.923. The van der Waals surface area contributed by atoms with Crippen molar-refractivity contribution in [2.24, 2.45) is 5.92 Å². The molecular weight excluding hydrogens is 214 g/mol. The Morgan fingerprint density at radius 1 is 1.41 bits per heavy atom. The fourth-order valence-electron chi connectivity index (χ4n) is 1.84. The third kappa shape index (κ3) is 6.64. The van der Waals surface area contributed by atoms with E-state index in [9.17, 15) is 4.79 Å². The lowest BCUT2D eigenvalue weighted by Crippen LogP contribution is -2.39. The molecule has 0 spiro atoms. The summed E-state index contributed by atoms with van der Waals surface area (Å²) in [6, 6.07) is 0.816.